The van der Waals surface area contributed by atoms with Gasteiger partial charge in [0.15, 0.2) is 0 Å². The van der Waals surface area contributed by atoms with E-state index in [1.54, 1.807) is 0 Å². The summed E-state index contributed by atoms with van der Waals surface area (Å²) >= 11 is 12.7. The average molecular weight is 640 g/mol. The quantitative estimate of drug-likeness (QED) is 0.0925. The molecule has 2 nitrogen and oxygen atoms in total. The molecule has 0 saturated heterocycles. The van der Waals surface area contributed by atoms with Gasteiger partial charge in [0.25, 0.3) is 5.82 Å². The van der Waals surface area contributed by atoms with Crippen molar-refractivity contribution in [1.29, 1.82) is 0 Å². The summed E-state index contributed by atoms with van der Waals surface area (Å²) in [7, 11) is 0. The molecular weight excluding hydrogens is 606 g/mol. The third-order valence-electron chi connectivity index (χ3n) is 7.45. The summed E-state index contributed by atoms with van der Waals surface area (Å²) in [6.45, 7) is 1.46. The van der Waals surface area contributed by atoms with Gasteiger partial charge in [-0.1, -0.05) is 67.8 Å². The summed E-state index contributed by atoms with van der Waals surface area (Å²) in [5.41, 5.74) is 0.884. The van der Waals surface area contributed by atoms with Crippen LogP contribution < -0.4 is 4.57 Å². The van der Waals surface area contributed by atoms with Gasteiger partial charge in [-0.25, -0.2) is 9.13 Å². The van der Waals surface area contributed by atoms with Crippen LogP contribution in [0.15, 0.2) is 30.6 Å². The number of imidazole rings is 1. The van der Waals surface area contributed by atoms with Crippen molar-refractivity contribution in [2.24, 2.45) is 0 Å². The van der Waals surface area contributed by atoms with Gasteiger partial charge in [0, 0.05) is 22.0 Å². The number of aromatic nitrogens is 2. The Labute approximate surface area is 243 Å². The summed E-state index contributed by atoms with van der Waals surface area (Å²) in [4.78, 5) is 0. The maximum atomic E-state index is 13.6. The molecule has 3 rings (SSSR count). The fraction of sp³-hybridized carbons (Fsp3) is 0.679. The lowest BCUT2D eigenvalue weighted by molar-refractivity contribution is -0.695. The highest BCUT2D eigenvalue weighted by Crippen LogP contribution is 2.54. The number of hydrogen-bond donors (Lipinski definition) is 0. The third kappa shape index (κ3) is 8.27. The number of rotatable bonds is 17. The second-order valence-corrected chi connectivity index (χ2v) is 11.5. The van der Waals surface area contributed by atoms with Gasteiger partial charge in [-0.3, -0.25) is 0 Å². The first-order valence-electron chi connectivity index (χ1n) is 13.8. The van der Waals surface area contributed by atoms with Crippen LogP contribution in [-0.4, -0.2) is 28.5 Å². The lowest BCUT2D eigenvalue weighted by atomic mass is 9.97. The van der Waals surface area contributed by atoms with Crippen LogP contribution in [0.3, 0.4) is 0 Å². The van der Waals surface area contributed by atoms with Gasteiger partial charge in [-0.05, 0) is 44.2 Å². The number of nitrogens with zero attached hydrogens (tertiary/aromatic N) is 2. The molecule has 0 unspecified atom stereocenters. The molecule has 0 atom stereocenters. The first-order chi connectivity index (χ1) is 19.1. The van der Waals surface area contributed by atoms with E-state index >= 15 is 0 Å². The number of aryl methyl sites for hydroxylation is 1. The van der Waals surface area contributed by atoms with Crippen molar-refractivity contribution < 1.29 is 44.1 Å². The molecule has 0 aliphatic heterocycles. The minimum absolute atomic E-state index is 0.0419. The van der Waals surface area contributed by atoms with Crippen LogP contribution in [0.5, 0.6) is 0 Å². The van der Waals surface area contributed by atoms with Crippen LogP contribution in [0.25, 0.3) is 0 Å². The van der Waals surface area contributed by atoms with Crippen molar-refractivity contribution >= 4 is 23.2 Å². The van der Waals surface area contributed by atoms with Gasteiger partial charge in [0.1, 0.15) is 18.9 Å². The van der Waals surface area contributed by atoms with Crippen molar-refractivity contribution in [2.75, 3.05) is 0 Å². The highest BCUT2D eigenvalue weighted by Gasteiger charge is 2.81. The van der Waals surface area contributed by atoms with E-state index in [2.05, 4.69) is 15.3 Å². The Morgan fingerprint density at radius 2 is 1.24 bits per heavy atom. The van der Waals surface area contributed by atoms with Gasteiger partial charge in [-0.2, -0.15) is 39.5 Å². The Hall–Kier alpha value is -1.62. The van der Waals surface area contributed by atoms with Crippen LogP contribution in [0.2, 0.25) is 10.0 Å². The zero-order valence-electron chi connectivity index (χ0n) is 22.4. The van der Waals surface area contributed by atoms with Crippen molar-refractivity contribution in [3.63, 3.8) is 0 Å². The summed E-state index contributed by atoms with van der Waals surface area (Å²) in [5.74, 6) is -17.0. The van der Waals surface area contributed by atoms with Gasteiger partial charge in [-0.15, -0.1) is 0 Å². The number of hydrogen-bond acceptors (Lipinski definition) is 0. The molecule has 41 heavy (non-hydrogen) atoms. The molecule has 0 bridgehead atoms. The molecular formula is C28H34Cl2F9N2+. The van der Waals surface area contributed by atoms with Gasteiger partial charge < -0.3 is 0 Å². The van der Waals surface area contributed by atoms with E-state index in [1.165, 1.54) is 5.82 Å². The number of benzene rings is 1. The summed E-state index contributed by atoms with van der Waals surface area (Å²) in [5, 5.41) is 1.26. The zero-order valence-corrected chi connectivity index (χ0v) is 23.9. The van der Waals surface area contributed by atoms with E-state index < -0.39 is 36.8 Å². The Morgan fingerprint density at radius 3 is 1.76 bits per heavy atom. The molecule has 1 aliphatic carbocycles. The maximum Gasteiger partial charge on any atom is 0.460 e. The SMILES string of the molecule is FC(F)(F)C(F)(F)C(F)(F)C(F)(F)CCCCCCCCCCCn1cc[n+](Cc2c(Cl)cccc2Cl)c1C1CC1. The van der Waals surface area contributed by atoms with Crippen LogP contribution >= 0.6 is 23.2 Å². The zero-order chi connectivity index (χ0) is 30.5. The molecule has 0 radical (unpaired) electrons. The number of unbranched alkanes of at least 4 members (excludes halogenated alkanes) is 8. The van der Waals surface area contributed by atoms with Crippen molar-refractivity contribution in [3.05, 3.63) is 52.0 Å². The van der Waals surface area contributed by atoms with Crippen LogP contribution in [0.4, 0.5) is 39.5 Å². The monoisotopic (exact) mass is 639 g/mol. The smallest absolute Gasteiger partial charge is 0.234 e. The highest BCUT2D eigenvalue weighted by atomic mass is 35.5. The van der Waals surface area contributed by atoms with Gasteiger partial charge in [0.05, 0.1) is 12.5 Å². The van der Waals surface area contributed by atoms with Gasteiger partial charge in [0.2, 0.25) is 0 Å². The topological polar surface area (TPSA) is 8.81 Å². The molecule has 0 amide bonds. The number of halogens is 11. The van der Waals surface area contributed by atoms with Gasteiger partial charge >= 0.3 is 23.9 Å². The Morgan fingerprint density at radius 1 is 0.732 bits per heavy atom. The molecule has 13 heteroatoms. The minimum Gasteiger partial charge on any atom is -0.234 e. The Bertz CT molecular complexity index is 1110. The van der Waals surface area contributed by atoms with E-state index in [-0.39, 0.29) is 6.42 Å². The predicted octanol–water partition coefficient (Wildman–Crippen LogP) is 10.4. The second-order valence-electron chi connectivity index (χ2n) is 10.7. The molecule has 2 aromatic rings. The molecule has 232 valence electrons. The fourth-order valence-corrected chi connectivity index (χ4v) is 5.41. The Balaban J connectivity index is 1.32. The van der Waals surface area contributed by atoms with Crippen molar-refractivity contribution in [3.8, 4) is 0 Å². The molecule has 1 saturated carbocycles. The van der Waals surface area contributed by atoms with Crippen LogP contribution in [-0.2, 0) is 13.1 Å². The van der Waals surface area contributed by atoms with E-state index in [9.17, 15) is 39.5 Å². The van der Waals surface area contributed by atoms with Crippen LogP contribution in [0.1, 0.15) is 94.4 Å². The summed E-state index contributed by atoms with van der Waals surface area (Å²) in [6, 6.07) is 5.46. The molecule has 0 spiro atoms. The number of alkyl halides is 9. The lowest BCUT2D eigenvalue weighted by Crippen LogP contribution is -2.60. The second kappa shape index (κ2) is 13.8. The minimum atomic E-state index is -6.81. The molecule has 1 aromatic carbocycles. The van der Waals surface area contributed by atoms with E-state index in [4.69, 9.17) is 23.2 Å². The highest BCUT2D eigenvalue weighted by molar-refractivity contribution is 6.35. The summed E-state index contributed by atoms with van der Waals surface area (Å²) in [6.07, 6.45) is 2.97. The molecule has 0 N–H and O–H groups in total. The standard InChI is InChI=1S/C28H34Cl2F9N2/c29-22-11-10-12-23(30)21(22)19-41-18-17-40(24(41)20-13-14-20)16-9-7-5-3-1-2-4-6-8-15-25(31,32)26(33,34)27(35,36)28(37,38)39/h10-12,17-18,20H,1-9,13-16,19H2/q+1. The fourth-order valence-electron chi connectivity index (χ4n) is 4.90. The van der Waals surface area contributed by atoms with E-state index in [0.717, 1.165) is 57.1 Å². The first-order valence-corrected chi connectivity index (χ1v) is 14.6. The average Bonchev–Trinajstić information content (AvgIpc) is 3.64. The van der Waals surface area contributed by atoms with Crippen molar-refractivity contribution in [2.45, 2.75) is 120 Å². The third-order valence-corrected chi connectivity index (χ3v) is 8.16. The normalized spacial score (nSPS) is 15.1. The molecule has 1 aromatic heterocycles. The lowest BCUT2D eigenvalue weighted by Gasteiger charge is -2.33. The van der Waals surface area contributed by atoms with E-state index in [0.29, 0.717) is 35.3 Å². The maximum absolute atomic E-state index is 13.6. The molecule has 1 heterocycles. The first kappa shape index (κ1) is 33.9. The summed E-state index contributed by atoms with van der Waals surface area (Å²) < 4.78 is 121. The van der Waals surface area contributed by atoms with Crippen molar-refractivity contribution in [1.82, 2.24) is 4.57 Å². The predicted molar refractivity (Wildman–Crippen MR) is 139 cm³/mol. The molecule has 1 aliphatic rings. The van der Waals surface area contributed by atoms with Crippen LogP contribution in [0, 0.1) is 0 Å². The Kier molecular flexibility index (Phi) is 11.4. The van der Waals surface area contributed by atoms with E-state index in [1.807, 2.05) is 24.4 Å². The largest absolute Gasteiger partial charge is 0.460 e. The molecule has 1 fully saturated rings.